The number of carbonyl (C=O) groups excluding carboxylic acids is 14. The third kappa shape index (κ3) is 28.2. The predicted octanol–water partition coefficient (Wildman–Crippen LogP) is -4.06. The molecule has 5 aromatic rings. The highest BCUT2D eigenvalue weighted by Crippen LogP contribution is 2.26. The zero-order valence-electron chi connectivity index (χ0n) is 63.1. The Labute approximate surface area is 655 Å². The Morgan fingerprint density at radius 2 is 1.15 bits per heavy atom. The summed E-state index contributed by atoms with van der Waals surface area (Å²) in [7, 11) is 1.59. The van der Waals surface area contributed by atoms with Crippen LogP contribution in [0, 0.1) is 17.2 Å². The molecule has 113 heavy (non-hydrogen) atoms. The fraction of sp³-hybridized carbons (Fsp3) is 0.493. The number of nitrogens with zero attached hydrogens (tertiary/aromatic N) is 1. The van der Waals surface area contributed by atoms with E-state index in [0.717, 1.165) is 28.5 Å². The van der Waals surface area contributed by atoms with E-state index in [-0.39, 0.29) is 44.3 Å². The second-order valence-electron chi connectivity index (χ2n) is 27.4. The average molecular weight is 1610 g/mol. The Balaban J connectivity index is 1.47. The number of H-pyrrole nitrogens is 3. The fourth-order valence-electron chi connectivity index (χ4n) is 11.8. The number of aromatic nitrogens is 4. The van der Waals surface area contributed by atoms with E-state index in [1.165, 1.54) is 46.4 Å². The van der Waals surface area contributed by atoms with E-state index in [9.17, 15) is 77.6 Å². The van der Waals surface area contributed by atoms with E-state index in [1.807, 2.05) is 0 Å². The van der Waals surface area contributed by atoms with Gasteiger partial charge in [0, 0.05) is 96.7 Å². The van der Waals surface area contributed by atoms with E-state index in [2.05, 4.69) is 94.4 Å². The molecule has 0 unspecified atom stereocenters. The molecule has 0 spiro atoms. The normalized spacial score (nSPS) is 22.7. The van der Waals surface area contributed by atoms with Crippen LogP contribution in [0.4, 0.5) is 0 Å². The molecule has 0 bridgehead atoms. The summed E-state index contributed by atoms with van der Waals surface area (Å²) < 4.78 is 0. The smallest absolute Gasteiger partial charge is 0.328 e. The molecule has 25 N–H and O–H groups in total. The van der Waals surface area contributed by atoms with Crippen molar-refractivity contribution in [2.75, 3.05) is 24.6 Å². The second kappa shape index (κ2) is 43.7. The minimum atomic E-state index is -2.06. The molecule has 4 heterocycles. The van der Waals surface area contributed by atoms with Crippen molar-refractivity contribution in [1.82, 2.24) is 94.4 Å². The van der Waals surface area contributed by atoms with Crippen molar-refractivity contribution in [3.05, 3.63) is 90.3 Å². The van der Waals surface area contributed by atoms with E-state index < -0.39 is 228 Å². The number of carbonyl (C=O) groups is 16. The van der Waals surface area contributed by atoms with E-state index in [4.69, 9.17) is 16.9 Å². The van der Waals surface area contributed by atoms with Gasteiger partial charge in [-0.05, 0) is 68.2 Å². The third-order valence-electron chi connectivity index (χ3n) is 18.2. The standard InChI is InChI=1S/C71H99N21O19S2/c1-8-34(4)57(82-37(7)94)69(109)90-52-31-113-112-30-51(67(107)92-58(36(6)93)70(110)111)89-61(101)45(18-13-21-76-71(73)74)83-64(104)49(24-40-28-75-32-80-40)85-59(99)35(5)81-54(96)29-79-60(100)47(22-38-26-77-43-16-11-9-14-41(38)43)86-65(105)50(25-55(97)98)87-62(102)46(19-20-53(72)95)84-63(103)48(88-68(108)56(33(2)3)91-66(52)106)23-39-27-78-44-17-12-10-15-42(39)44/h9-12,14-17,26-28,32-36,45-52,56-58,77-78,93H,8,13,18-25,29-31H2,1-7H3,(H2,72,95)(H,75,80)(H,79,100)(H,81,96)(H,82,94)(H,83,104)(H,84,103)(H,85,99)(H,86,105)(H,87,102)(H,88,108)(H,89,101)(H,90,109)(H,91,106)(H,92,107)(H,97,98)(H,110,111)(H4,73,74,76)/t34-,35-,36+,45-,46-,47-,48+,49+,50+,51-,52-,56-,57-,58-/m0/s1. The Morgan fingerprint density at radius 3 is 1.70 bits per heavy atom. The van der Waals surface area contributed by atoms with Gasteiger partial charge in [0.05, 0.1) is 25.4 Å². The lowest BCUT2D eigenvalue weighted by Gasteiger charge is -2.29. The van der Waals surface area contributed by atoms with Crippen molar-refractivity contribution in [3.8, 4) is 0 Å². The monoisotopic (exact) mass is 1610 g/mol. The number of fused-ring (bicyclic) bond motifs is 2. The van der Waals surface area contributed by atoms with Gasteiger partial charge in [-0.2, -0.15) is 0 Å². The summed E-state index contributed by atoms with van der Waals surface area (Å²) in [6.07, 6.45) is 0.567. The molecular formula is C71H99N21O19S2. The van der Waals surface area contributed by atoms with Crippen LogP contribution in [0.5, 0.6) is 0 Å². The lowest BCUT2D eigenvalue weighted by Crippen LogP contribution is -2.61. The first-order chi connectivity index (χ1) is 53.5. The fourth-order valence-corrected chi connectivity index (χ4v) is 14.1. The summed E-state index contributed by atoms with van der Waals surface area (Å²) >= 11 is 0. The number of aliphatic carboxylic acids is 2. The van der Waals surface area contributed by atoms with Crippen LogP contribution in [0.25, 0.3) is 21.8 Å². The number of amides is 14. The van der Waals surface area contributed by atoms with Crippen molar-refractivity contribution in [1.29, 1.82) is 5.41 Å². The summed E-state index contributed by atoms with van der Waals surface area (Å²) in [6.45, 7) is 8.95. The minimum absolute atomic E-state index is 0.0192. The van der Waals surface area contributed by atoms with Crippen LogP contribution in [0.3, 0.4) is 0 Å². The van der Waals surface area contributed by atoms with Gasteiger partial charge in [0.15, 0.2) is 12.0 Å². The van der Waals surface area contributed by atoms with E-state index in [1.54, 1.807) is 68.6 Å². The molecule has 42 heteroatoms. The van der Waals surface area contributed by atoms with E-state index >= 15 is 14.4 Å². The number of carboxylic acid groups (broad SMARTS) is 2. The van der Waals surface area contributed by atoms with Gasteiger partial charge in [-0.15, -0.1) is 0 Å². The number of carboxylic acids is 2. The van der Waals surface area contributed by atoms with Gasteiger partial charge >= 0.3 is 11.9 Å². The van der Waals surface area contributed by atoms with Crippen LogP contribution in [-0.2, 0) is 96.0 Å². The zero-order chi connectivity index (χ0) is 83.3. The van der Waals surface area contributed by atoms with Crippen molar-refractivity contribution in [3.63, 3.8) is 0 Å². The Morgan fingerprint density at radius 1 is 0.619 bits per heavy atom. The van der Waals surface area contributed by atoms with Gasteiger partial charge in [-0.1, -0.05) is 92.1 Å². The SMILES string of the molecule is CC[C@H](C)[C@H](NC(C)=O)C(=O)N[C@H]1CSSC[C@@H](C(=O)N[C@H](C(=O)O)[C@@H](C)O)NC(=O)[C@H](CCCNC(=N)N)NC(=O)[C@@H](Cc2cnc[nH]2)NC(=O)[C@H](C)NC(=O)CNC(=O)[C@H](Cc2c[nH]c3ccccc23)NC(=O)[C@@H](CC(=O)O)NC(=O)[C@H](CCC(N)=O)NC(=O)[C@@H](Cc2c[nH]c3ccccc23)NC(=O)[C@H](C(C)C)NC1=O. The molecule has 1 aliphatic heterocycles. The number of primary amides is 1. The molecule has 0 radical (unpaired) electrons. The number of hydrogen-bond donors (Lipinski definition) is 23. The minimum Gasteiger partial charge on any atom is -0.481 e. The highest BCUT2D eigenvalue weighted by atomic mass is 33.1. The van der Waals surface area contributed by atoms with Crippen LogP contribution in [-0.4, -0.2) is 239 Å². The molecule has 2 aromatic carbocycles. The number of para-hydroxylation sites is 2. The molecule has 3 aromatic heterocycles. The molecule has 1 aliphatic rings. The lowest BCUT2D eigenvalue weighted by molar-refractivity contribution is -0.145. The van der Waals surface area contributed by atoms with Gasteiger partial charge in [0.25, 0.3) is 0 Å². The molecule has 1 saturated heterocycles. The van der Waals surface area contributed by atoms with Crippen LogP contribution in [0.2, 0.25) is 0 Å². The third-order valence-corrected chi connectivity index (χ3v) is 20.6. The summed E-state index contributed by atoms with van der Waals surface area (Å²) in [6, 6.07) is -6.64. The van der Waals surface area contributed by atoms with Gasteiger partial charge in [-0.25, -0.2) is 9.78 Å². The Hall–Kier alpha value is -11.8. The maximum Gasteiger partial charge on any atom is 0.328 e. The number of rotatable bonds is 25. The van der Waals surface area contributed by atoms with Crippen LogP contribution >= 0.6 is 21.6 Å². The first-order valence-electron chi connectivity index (χ1n) is 36.2. The number of aromatic amines is 3. The quantitative estimate of drug-likeness (QED) is 0.0114. The zero-order valence-corrected chi connectivity index (χ0v) is 64.7. The van der Waals surface area contributed by atoms with Crippen LogP contribution < -0.4 is 85.9 Å². The molecule has 40 nitrogen and oxygen atoms in total. The summed E-state index contributed by atoms with van der Waals surface area (Å²) in [4.78, 5) is 238. The van der Waals surface area contributed by atoms with Crippen molar-refractivity contribution in [2.45, 2.75) is 185 Å². The number of benzene rings is 2. The first kappa shape index (κ1) is 90.1. The van der Waals surface area contributed by atoms with E-state index in [0.29, 0.717) is 39.4 Å². The molecular weight excluding hydrogens is 1520 g/mol. The molecule has 14 atom stereocenters. The number of aliphatic hydroxyl groups excluding tert-OH is 1. The van der Waals surface area contributed by atoms with Gasteiger partial charge in [-0.3, -0.25) is 77.3 Å². The highest BCUT2D eigenvalue weighted by Gasteiger charge is 2.39. The average Bonchev–Trinajstić information content (AvgIpc) is 1.73. The number of aliphatic hydroxyl groups is 1. The molecule has 1 fully saturated rings. The number of hydrogen-bond acceptors (Lipinski definition) is 21. The second-order valence-corrected chi connectivity index (χ2v) is 30.0. The number of nitrogens with one attached hydrogen (secondary N) is 18. The topological polar surface area (TPSA) is 638 Å². The number of nitrogens with two attached hydrogens (primary N) is 2. The van der Waals surface area contributed by atoms with Crippen molar-refractivity contribution in [2.24, 2.45) is 23.3 Å². The lowest BCUT2D eigenvalue weighted by atomic mass is 9.97. The Kier molecular flexibility index (Phi) is 34.8. The van der Waals surface area contributed by atoms with Gasteiger partial charge < -0.3 is 116 Å². The van der Waals surface area contributed by atoms with Crippen molar-refractivity contribution >= 4 is 144 Å². The van der Waals surface area contributed by atoms with Gasteiger partial charge in [0.1, 0.15) is 66.5 Å². The largest absolute Gasteiger partial charge is 0.481 e. The summed E-state index contributed by atoms with van der Waals surface area (Å²) in [5.41, 5.74) is 13.4. The number of imidazole rings is 1. The van der Waals surface area contributed by atoms with Crippen molar-refractivity contribution < 1.29 is 92.0 Å². The number of guanidine groups is 1. The molecule has 0 saturated carbocycles. The van der Waals surface area contributed by atoms with Crippen LogP contribution in [0.1, 0.15) is 104 Å². The maximum absolute atomic E-state index is 15.1. The van der Waals surface area contributed by atoms with Crippen LogP contribution in [0.15, 0.2) is 73.4 Å². The highest BCUT2D eigenvalue weighted by molar-refractivity contribution is 8.76. The first-order valence-corrected chi connectivity index (χ1v) is 38.7. The maximum atomic E-state index is 15.1. The summed E-state index contributed by atoms with van der Waals surface area (Å²) in [5, 5.41) is 74.6. The Bertz CT molecular complexity index is 4250. The molecule has 0 aliphatic carbocycles. The molecule has 6 rings (SSSR count). The predicted molar refractivity (Wildman–Crippen MR) is 412 cm³/mol. The molecule has 14 amide bonds. The summed E-state index contributed by atoms with van der Waals surface area (Å²) in [5.74, 6) is -20.7. The molecule has 614 valence electrons. The van der Waals surface area contributed by atoms with Gasteiger partial charge in [0.2, 0.25) is 82.7 Å².